The van der Waals surface area contributed by atoms with Crippen molar-refractivity contribution in [2.24, 2.45) is 5.10 Å². The van der Waals surface area contributed by atoms with Crippen LogP contribution in [0.5, 0.6) is 5.75 Å². The molecular weight excluding hydrogens is 346 g/mol. The maximum atomic E-state index is 11.9. The quantitative estimate of drug-likeness (QED) is 0.322. The predicted molar refractivity (Wildman–Crippen MR) is 104 cm³/mol. The van der Waals surface area contributed by atoms with Crippen molar-refractivity contribution in [3.05, 3.63) is 59.7 Å². The molecule has 0 aliphatic carbocycles. The van der Waals surface area contributed by atoms with Gasteiger partial charge in [0.15, 0.2) is 6.61 Å². The van der Waals surface area contributed by atoms with E-state index < -0.39 is 5.91 Å². The van der Waals surface area contributed by atoms with Crippen molar-refractivity contribution < 1.29 is 19.1 Å². The number of benzene rings is 2. The third-order valence-corrected chi connectivity index (χ3v) is 3.57. The van der Waals surface area contributed by atoms with Gasteiger partial charge in [-0.2, -0.15) is 5.10 Å². The van der Waals surface area contributed by atoms with Crippen molar-refractivity contribution >= 4 is 23.3 Å². The summed E-state index contributed by atoms with van der Waals surface area (Å²) in [7, 11) is 0. The summed E-state index contributed by atoms with van der Waals surface area (Å²) in [4.78, 5) is 23.6. The highest BCUT2D eigenvalue weighted by molar-refractivity contribution is 5.99. The lowest BCUT2D eigenvalue weighted by Crippen LogP contribution is -2.25. The molecule has 0 unspecified atom stereocenters. The molecule has 7 heteroatoms. The Hall–Kier alpha value is -3.35. The van der Waals surface area contributed by atoms with Crippen LogP contribution in [0.4, 0.5) is 5.69 Å². The Kier molecular flexibility index (Phi) is 7.37. The lowest BCUT2D eigenvalue weighted by atomic mass is 10.1. The molecule has 0 aromatic heterocycles. The minimum absolute atomic E-state index is 0.196. The first-order chi connectivity index (χ1) is 13.0. The molecule has 0 radical (unpaired) electrons. The third-order valence-electron chi connectivity index (χ3n) is 3.57. The number of nitrogen functional groups attached to an aromatic ring is 1. The van der Waals surface area contributed by atoms with E-state index in [2.05, 4.69) is 10.5 Å². The van der Waals surface area contributed by atoms with Gasteiger partial charge in [-0.1, -0.05) is 19.1 Å². The van der Waals surface area contributed by atoms with Crippen molar-refractivity contribution in [1.29, 1.82) is 0 Å². The SMILES string of the molecule is CCCOC(=O)c1ccc(OCC(=O)N/N=C(\C)c2ccc(N)cc2)cc1. The number of ether oxygens (including phenoxy) is 2. The number of nitrogens with one attached hydrogen (secondary N) is 1. The Balaban J connectivity index is 1.82. The summed E-state index contributed by atoms with van der Waals surface area (Å²) in [6.07, 6.45) is 0.766. The molecule has 2 rings (SSSR count). The largest absolute Gasteiger partial charge is 0.484 e. The summed E-state index contributed by atoms with van der Waals surface area (Å²) in [6.45, 7) is 3.89. The van der Waals surface area contributed by atoms with Crippen molar-refractivity contribution in [2.75, 3.05) is 18.9 Å². The molecule has 27 heavy (non-hydrogen) atoms. The fourth-order valence-corrected chi connectivity index (χ4v) is 2.08. The van der Waals surface area contributed by atoms with Crippen LogP contribution in [-0.4, -0.2) is 30.8 Å². The van der Waals surface area contributed by atoms with E-state index in [1.54, 1.807) is 43.3 Å². The number of nitrogens with zero attached hydrogens (tertiary/aromatic N) is 1. The van der Waals surface area contributed by atoms with Crippen LogP contribution in [0.15, 0.2) is 53.6 Å². The predicted octanol–water partition coefficient (Wildman–Crippen LogP) is 2.75. The number of hydrazone groups is 1. The second kappa shape index (κ2) is 9.96. The average Bonchev–Trinajstić information content (AvgIpc) is 2.69. The maximum Gasteiger partial charge on any atom is 0.338 e. The first kappa shape index (κ1) is 20.0. The molecule has 0 fully saturated rings. The van der Waals surface area contributed by atoms with Crippen LogP contribution >= 0.6 is 0 Å². The van der Waals surface area contributed by atoms with E-state index in [1.807, 2.05) is 19.1 Å². The second-order valence-corrected chi connectivity index (χ2v) is 5.80. The zero-order valence-electron chi connectivity index (χ0n) is 15.4. The first-order valence-corrected chi connectivity index (χ1v) is 8.58. The Labute approximate surface area is 158 Å². The van der Waals surface area contributed by atoms with Gasteiger partial charge < -0.3 is 15.2 Å². The van der Waals surface area contributed by atoms with Gasteiger partial charge in [-0.3, -0.25) is 4.79 Å². The lowest BCUT2D eigenvalue weighted by molar-refractivity contribution is -0.123. The molecule has 0 aliphatic rings. The average molecular weight is 369 g/mol. The molecule has 3 N–H and O–H groups in total. The van der Waals surface area contributed by atoms with E-state index in [-0.39, 0.29) is 12.6 Å². The summed E-state index contributed by atoms with van der Waals surface area (Å²) in [6, 6.07) is 13.6. The number of amides is 1. The highest BCUT2D eigenvalue weighted by atomic mass is 16.5. The van der Waals surface area contributed by atoms with Gasteiger partial charge in [0.05, 0.1) is 17.9 Å². The van der Waals surface area contributed by atoms with Gasteiger partial charge in [0.25, 0.3) is 5.91 Å². The van der Waals surface area contributed by atoms with Gasteiger partial charge in [-0.05, 0) is 55.3 Å². The second-order valence-electron chi connectivity index (χ2n) is 5.80. The Morgan fingerprint density at radius 1 is 1.04 bits per heavy atom. The molecular formula is C20H23N3O4. The molecule has 1 amide bonds. The van der Waals surface area contributed by atoms with Crippen LogP contribution < -0.4 is 15.9 Å². The van der Waals surface area contributed by atoms with Crippen LogP contribution in [0.2, 0.25) is 0 Å². The van der Waals surface area contributed by atoms with E-state index in [9.17, 15) is 9.59 Å². The van der Waals surface area contributed by atoms with Gasteiger partial charge in [-0.15, -0.1) is 0 Å². The summed E-state index contributed by atoms with van der Waals surface area (Å²) >= 11 is 0. The van der Waals surface area contributed by atoms with E-state index >= 15 is 0 Å². The zero-order valence-corrected chi connectivity index (χ0v) is 15.4. The molecule has 2 aromatic carbocycles. The molecule has 142 valence electrons. The minimum atomic E-state index is -0.392. The molecule has 0 saturated heterocycles. The number of rotatable bonds is 8. The first-order valence-electron chi connectivity index (χ1n) is 8.58. The topological polar surface area (TPSA) is 103 Å². The highest BCUT2D eigenvalue weighted by Crippen LogP contribution is 2.13. The molecule has 0 spiro atoms. The summed E-state index contributed by atoms with van der Waals surface area (Å²) in [5.41, 5.74) is 10.7. The van der Waals surface area contributed by atoms with Crippen LogP contribution in [0, 0.1) is 0 Å². The number of esters is 1. The normalized spacial score (nSPS) is 11.0. The molecule has 7 nitrogen and oxygen atoms in total. The Morgan fingerprint density at radius 3 is 2.30 bits per heavy atom. The highest BCUT2D eigenvalue weighted by Gasteiger charge is 2.07. The van der Waals surface area contributed by atoms with E-state index in [0.717, 1.165) is 12.0 Å². The van der Waals surface area contributed by atoms with Crippen molar-refractivity contribution in [1.82, 2.24) is 5.43 Å². The molecule has 0 heterocycles. The summed E-state index contributed by atoms with van der Waals surface area (Å²) < 4.78 is 10.4. The van der Waals surface area contributed by atoms with Crippen LogP contribution in [0.1, 0.15) is 36.2 Å². The number of carbonyl (C=O) groups excluding carboxylic acids is 2. The molecule has 0 bridgehead atoms. The number of anilines is 1. The third kappa shape index (κ3) is 6.47. The monoisotopic (exact) mass is 369 g/mol. The van der Waals surface area contributed by atoms with E-state index in [0.29, 0.717) is 29.3 Å². The smallest absolute Gasteiger partial charge is 0.338 e. The van der Waals surface area contributed by atoms with Gasteiger partial charge >= 0.3 is 5.97 Å². The summed E-state index contributed by atoms with van der Waals surface area (Å²) in [5.74, 6) is -0.304. The van der Waals surface area contributed by atoms with Crippen LogP contribution in [0.25, 0.3) is 0 Å². The zero-order chi connectivity index (χ0) is 19.6. The minimum Gasteiger partial charge on any atom is -0.484 e. The Bertz CT molecular complexity index is 799. The van der Waals surface area contributed by atoms with Gasteiger partial charge in [0, 0.05) is 5.69 Å². The molecule has 0 atom stereocenters. The van der Waals surface area contributed by atoms with Crippen LogP contribution in [-0.2, 0) is 9.53 Å². The lowest BCUT2D eigenvalue weighted by Gasteiger charge is -2.07. The van der Waals surface area contributed by atoms with Gasteiger partial charge in [-0.25, -0.2) is 10.2 Å². The fraction of sp³-hybridized carbons (Fsp3) is 0.250. The van der Waals surface area contributed by atoms with Gasteiger partial charge in [0.1, 0.15) is 5.75 Å². The van der Waals surface area contributed by atoms with Crippen molar-refractivity contribution in [3.63, 3.8) is 0 Å². The maximum absolute atomic E-state index is 11.9. The standard InChI is InChI=1S/C20H23N3O4/c1-3-12-26-20(25)16-6-10-18(11-7-16)27-13-19(24)23-22-14(2)15-4-8-17(21)9-5-15/h4-11H,3,12-13,21H2,1-2H3,(H,23,24)/b22-14+. The number of carbonyl (C=O) groups is 2. The molecule has 0 aliphatic heterocycles. The van der Waals surface area contributed by atoms with Crippen molar-refractivity contribution in [2.45, 2.75) is 20.3 Å². The van der Waals surface area contributed by atoms with E-state index in [1.165, 1.54) is 0 Å². The number of hydrogen-bond donors (Lipinski definition) is 2. The van der Waals surface area contributed by atoms with E-state index in [4.69, 9.17) is 15.2 Å². The molecule has 2 aromatic rings. The number of hydrogen-bond acceptors (Lipinski definition) is 6. The Morgan fingerprint density at radius 2 is 1.67 bits per heavy atom. The van der Waals surface area contributed by atoms with Crippen LogP contribution in [0.3, 0.4) is 0 Å². The number of nitrogens with two attached hydrogens (primary N) is 1. The summed E-state index contributed by atoms with van der Waals surface area (Å²) in [5, 5.41) is 4.04. The fourth-order valence-electron chi connectivity index (χ4n) is 2.08. The van der Waals surface area contributed by atoms with Crippen molar-refractivity contribution in [3.8, 4) is 5.75 Å². The van der Waals surface area contributed by atoms with Gasteiger partial charge in [0.2, 0.25) is 0 Å². The molecule has 0 saturated carbocycles.